The largest absolute Gasteiger partial charge is 0.505 e. The van der Waals surface area contributed by atoms with E-state index in [0.29, 0.717) is 5.69 Å². The second-order valence-corrected chi connectivity index (χ2v) is 3.89. The minimum absolute atomic E-state index is 0.314. The Morgan fingerprint density at radius 2 is 2.11 bits per heavy atom. The molecular formula is C12H12N4O3. The van der Waals surface area contributed by atoms with Crippen molar-refractivity contribution in [2.45, 2.75) is 6.92 Å². The zero-order valence-electron chi connectivity index (χ0n) is 10.1. The number of nitrogens with one attached hydrogen (secondary N) is 1. The normalized spacial score (nSPS) is 10.2. The summed E-state index contributed by atoms with van der Waals surface area (Å²) in [6.45, 7) is 1.80. The number of hydrazine groups is 1. The fraction of sp³-hybridized carbons (Fsp3) is 0.0833. The molecule has 0 aliphatic heterocycles. The lowest BCUT2D eigenvalue weighted by atomic mass is 10.2. The molecule has 0 aliphatic rings. The van der Waals surface area contributed by atoms with E-state index >= 15 is 0 Å². The number of aromatic nitrogens is 2. The van der Waals surface area contributed by atoms with Crippen LogP contribution < -0.4 is 16.8 Å². The molecule has 7 nitrogen and oxygen atoms in total. The molecule has 2 aromatic rings. The van der Waals surface area contributed by atoms with Crippen molar-refractivity contribution in [3.05, 3.63) is 51.9 Å². The van der Waals surface area contributed by atoms with Crippen LogP contribution in [0, 0.1) is 6.92 Å². The number of aryl methyl sites for hydroxylation is 1. The van der Waals surface area contributed by atoms with Crippen molar-refractivity contribution in [3.8, 4) is 11.4 Å². The lowest BCUT2D eigenvalue weighted by Gasteiger charge is -2.09. The van der Waals surface area contributed by atoms with Gasteiger partial charge in [-0.05, 0) is 18.6 Å². The summed E-state index contributed by atoms with van der Waals surface area (Å²) in [5, 5.41) is 13.4. The van der Waals surface area contributed by atoms with E-state index in [9.17, 15) is 14.7 Å². The van der Waals surface area contributed by atoms with E-state index in [0.717, 1.165) is 16.3 Å². The average Bonchev–Trinajstić information content (AvgIpc) is 2.39. The zero-order valence-corrected chi connectivity index (χ0v) is 10.1. The molecule has 1 aromatic heterocycles. The molecule has 0 radical (unpaired) electrons. The van der Waals surface area contributed by atoms with Gasteiger partial charge in [-0.1, -0.05) is 18.2 Å². The number of rotatable bonds is 2. The number of carbonyl (C=O) groups excluding carboxylic acids is 1. The van der Waals surface area contributed by atoms with Crippen molar-refractivity contribution in [1.29, 1.82) is 0 Å². The first kappa shape index (κ1) is 12.8. The summed E-state index contributed by atoms with van der Waals surface area (Å²) in [6.07, 6.45) is 0. The number of benzene rings is 1. The van der Waals surface area contributed by atoms with Crippen molar-refractivity contribution >= 4 is 5.91 Å². The van der Waals surface area contributed by atoms with Crippen molar-refractivity contribution < 1.29 is 9.90 Å². The van der Waals surface area contributed by atoms with Gasteiger partial charge in [0.2, 0.25) is 0 Å². The van der Waals surface area contributed by atoms with Crippen LogP contribution in [0.25, 0.3) is 5.69 Å². The van der Waals surface area contributed by atoms with Gasteiger partial charge in [-0.3, -0.25) is 15.0 Å². The Morgan fingerprint density at radius 1 is 1.42 bits per heavy atom. The highest BCUT2D eigenvalue weighted by Gasteiger charge is 2.16. The van der Waals surface area contributed by atoms with E-state index in [4.69, 9.17) is 5.84 Å². The van der Waals surface area contributed by atoms with Gasteiger partial charge < -0.3 is 5.11 Å². The van der Waals surface area contributed by atoms with Crippen LogP contribution in [0.2, 0.25) is 0 Å². The van der Waals surface area contributed by atoms with Crippen LogP contribution in [0.15, 0.2) is 35.1 Å². The van der Waals surface area contributed by atoms with E-state index < -0.39 is 17.2 Å². The number of hydrogen-bond donors (Lipinski definition) is 3. The second kappa shape index (κ2) is 4.91. The number of amides is 1. The molecule has 2 rings (SSSR count). The molecular weight excluding hydrogens is 248 g/mol. The van der Waals surface area contributed by atoms with Crippen LogP contribution in [0.3, 0.4) is 0 Å². The van der Waals surface area contributed by atoms with E-state index in [2.05, 4.69) is 5.10 Å². The highest BCUT2D eigenvalue weighted by atomic mass is 16.3. The Balaban J connectivity index is 2.68. The summed E-state index contributed by atoms with van der Waals surface area (Å²) in [4.78, 5) is 23.3. The summed E-state index contributed by atoms with van der Waals surface area (Å²) in [5.74, 6) is 3.70. The van der Waals surface area contributed by atoms with Gasteiger partial charge in [-0.2, -0.15) is 9.78 Å². The van der Waals surface area contributed by atoms with E-state index in [1.54, 1.807) is 25.1 Å². The molecule has 0 bridgehead atoms. The lowest BCUT2D eigenvalue weighted by Crippen LogP contribution is -2.33. The molecule has 0 atom stereocenters. The minimum Gasteiger partial charge on any atom is -0.505 e. The fourth-order valence-electron chi connectivity index (χ4n) is 1.65. The molecule has 4 N–H and O–H groups in total. The molecule has 0 aliphatic carbocycles. The van der Waals surface area contributed by atoms with Gasteiger partial charge in [0.1, 0.15) is 0 Å². The first-order valence-electron chi connectivity index (χ1n) is 5.45. The molecule has 7 heteroatoms. The summed E-state index contributed by atoms with van der Waals surface area (Å²) in [7, 11) is 0. The standard InChI is InChI=1S/C12H12N4O3/c1-7-4-2-3-5-8(7)16-10(18)6-9(17)11(15-16)12(19)14-13/h2-6,17H,13H2,1H3,(H,14,19). The molecule has 0 unspecified atom stereocenters. The van der Waals surface area contributed by atoms with Crippen LogP contribution in [-0.2, 0) is 0 Å². The number of nitrogen functional groups attached to an aromatic ring is 1. The molecule has 1 aromatic carbocycles. The molecule has 1 amide bonds. The topological polar surface area (TPSA) is 110 Å². The van der Waals surface area contributed by atoms with Crippen LogP contribution >= 0.6 is 0 Å². The maximum Gasteiger partial charge on any atom is 0.289 e. The van der Waals surface area contributed by atoms with Crippen molar-refractivity contribution in [2.24, 2.45) is 5.84 Å². The van der Waals surface area contributed by atoms with Crippen molar-refractivity contribution in [1.82, 2.24) is 15.2 Å². The minimum atomic E-state index is -0.778. The summed E-state index contributed by atoms with van der Waals surface area (Å²) < 4.78 is 1.04. The van der Waals surface area contributed by atoms with Gasteiger partial charge in [0.05, 0.1) is 5.69 Å². The Bertz CT molecular complexity index is 694. The van der Waals surface area contributed by atoms with Gasteiger partial charge >= 0.3 is 0 Å². The molecule has 0 saturated carbocycles. The monoisotopic (exact) mass is 260 g/mol. The van der Waals surface area contributed by atoms with Crippen LogP contribution in [0.5, 0.6) is 5.75 Å². The summed E-state index contributed by atoms with van der Waals surface area (Å²) >= 11 is 0. The lowest BCUT2D eigenvalue weighted by molar-refractivity contribution is 0.0943. The van der Waals surface area contributed by atoms with Crippen LogP contribution in [0.4, 0.5) is 0 Å². The molecule has 0 saturated heterocycles. The average molecular weight is 260 g/mol. The van der Waals surface area contributed by atoms with Crippen molar-refractivity contribution in [3.63, 3.8) is 0 Å². The predicted octanol–water partition coefficient (Wildman–Crippen LogP) is -0.150. The molecule has 0 spiro atoms. The number of carbonyl (C=O) groups is 1. The van der Waals surface area contributed by atoms with E-state index in [-0.39, 0.29) is 5.69 Å². The maximum atomic E-state index is 11.8. The van der Waals surface area contributed by atoms with E-state index in [1.807, 2.05) is 11.5 Å². The predicted molar refractivity (Wildman–Crippen MR) is 67.9 cm³/mol. The molecule has 0 fully saturated rings. The third-order valence-corrected chi connectivity index (χ3v) is 2.60. The van der Waals surface area contributed by atoms with Crippen LogP contribution in [0.1, 0.15) is 16.1 Å². The Labute approximate surface area is 108 Å². The Morgan fingerprint density at radius 3 is 2.74 bits per heavy atom. The van der Waals surface area contributed by atoms with Gasteiger partial charge in [-0.25, -0.2) is 5.84 Å². The fourth-order valence-corrected chi connectivity index (χ4v) is 1.65. The molecule has 98 valence electrons. The Hall–Kier alpha value is -2.67. The third-order valence-electron chi connectivity index (χ3n) is 2.60. The zero-order chi connectivity index (χ0) is 14.0. The van der Waals surface area contributed by atoms with Crippen LogP contribution in [-0.4, -0.2) is 20.8 Å². The number of para-hydroxylation sites is 1. The first-order valence-corrected chi connectivity index (χ1v) is 5.45. The van der Waals surface area contributed by atoms with Gasteiger partial charge in [0.25, 0.3) is 11.5 Å². The first-order chi connectivity index (χ1) is 9.04. The highest BCUT2D eigenvalue weighted by Crippen LogP contribution is 2.14. The number of aromatic hydroxyl groups is 1. The SMILES string of the molecule is Cc1ccccc1-n1nc(C(=O)NN)c(O)cc1=O. The smallest absolute Gasteiger partial charge is 0.289 e. The second-order valence-electron chi connectivity index (χ2n) is 3.89. The van der Waals surface area contributed by atoms with Gasteiger partial charge in [0, 0.05) is 6.07 Å². The van der Waals surface area contributed by atoms with Gasteiger partial charge in [-0.15, -0.1) is 0 Å². The van der Waals surface area contributed by atoms with Gasteiger partial charge in [0.15, 0.2) is 11.4 Å². The number of hydrogen-bond acceptors (Lipinski definition) is 5. The highest BCUT2D eigenvalue weighted by molar-refractivity contribution is 5.94. The van der Waals surface area contributed by atoms with Crippen molar-refractivity contribution in [2.75, 3.05) is 0 Å². The summed E-state index contributed by atoms with van der Waals surface area (Å²) in [5.41, 5.74) is 2.34. The third kappa shape index (κ3) is 2.31. The quantitative estimate of drug-likeness (QED) is 0.395. The van der Waals surface area contributed by atoms with E-state index in [1.165, 1.54) is 0 Å². The maximum absolute atomic E-state index is 11.8. The molecule has 19 heavy (non-hydrogen) atoms. The molecule has 1 heterocycles. The number of nitrogens with zero attached hydrogens (tertiary/aromatic N) is 2. The number of nitrogens with two attached hydrogens (primary N) is 1. The Kier molecular flexibility index (Phi) is 3.30. The summed E-state index contributed by atoms with van der Waals surface area (Å²) in [6, 6.07) is 7.97.